The van der Waals surface area contributed by atoms with Gasteiger partial charge in [0.2, 0.25) is 0 Å². The van der Waals surface area contributed by atoms with E-state index >= 15 is 0 Å². The Balaban J connectivity index is 1.90. The van der Waals surface area contributed by atoms with Crippen LogP contribution in [0.1, 0.15) is 12.5 Å². The van der Waals surface area contributed by atoms with Gasteiger partial charge >= 0.3 is 11.9 Å². The largest absolute Gasteiger partial charge is 0.506 e. The first-order chi connectivity index (χ1) is 15.4. The van der Waals surface area contributed by atoms with Gasteiger partial charge in [-0.25, -0.2) is 14.6 Å². The highest BCUT2D eigenvalue weighted by molar-refractivity contribution is 8.18. The maximum absolute atomic E-state index is 12.5. The molecule has 8 nitrogen and oxygen atoms in total. The van der Waals surface area contributed by atoms with Gasteiger partial charge in [-0.1, -0.05) is 23.9 Å². The van der Waals surface area contributed by atoms with Gasteiger partial charge in [0.15, 0.2) is 6.61 Å². The van der Waals surface area contributed by atoms with Crippen molar-refractivity contribution in [2.75, 3.05) is 20.3 Å². The number of thioether (sulfide) groups is 1. The van der Waals surface area contributed by atoms with E-state index in [2.05, 4.69) is 4.99 Å². The van der Waals surface area contributed by atoms with E-state index in [1.165, 1.54) is 0 Å². The Morgan fingerprint density at radius 2 is 1.72 bits per heavy atom. The summed E-state index contributed by atoms with van der Waals surface area (Å²) in [5.41, 5.74) is 1.31. The lowest BCUT2D eigenvalue weighted by Gasteiger charge is -2.04. The number of aliphatic imine (C=N–C) groups is 1. The number of ether oxygens (including phenoxy) is 3. The molecule has 32 heavy (non-hydrogen) atoms. The number of carbonyl (C=O) groups excluding carboxylic acids is 1. The number of esters is 1. The second kappa shape index (κ2) is 10.5. The Labute approximate surface area is 188 Å². The lowest BCUT2D eigenvalue weighted by atomic mass is 10.1. The summed E-state index contributed by atoms with van der Waals surface area (Å²) in [4.78, 5) is 28.0. The van der Waals surface area contributed by atoms with Crippen LogP contribution in [0.3, 0.4) is 0 Å². The Kier molecular flexibility index (Phi) is 7.56. The second-order valence-corrected chi connectivity index (χ2v) is 7.45. The second-order valence-electron chi connectivity index (χ2n) is 6.42. The predicted molar refractivity (Wildman–Crippen MR) is 122 cm³/mol. The minimum Gasteiger partial charge on any atom is -0.506 e. The van der Waals surface area contributed by atoms with Crippen LogP contribution in [0, 0.1) is 0 Å². The molecule has 2 N–H and O–H groups in total. The van der Waals surface area contributed by atoms with E-state index in [1.54, 1.807) is 68.6 Å². The van der Waals surface area contributed by atoms with Crippen molar-refractivity contribution in [3.05, 3.63) is 70.3 Å². The van der Waals surface area contributed by atoms with E-state index in [9.17, 15) is 14.7 Å². The number of nitrogens with zero attached hydrogens (tertiary/aromatic N) is 1. The summed E-state index contributed by atoms with van der Waals surface area (Å²) in [6, 6.07) is 13.6. The highest BCUT2D eigenvalue weighted by Gasteiger charge is 2.33. The summed E-state index contributed by atoms with van der Waals surface area (Å²) in [7, 11) is 1.56. The summed E-state index contributed by atoms with van der Waals surface area (Å²) >= 11 is 1.15. The molecule has 0 bridgehead atoms. The summed E-state index contributed by atoms with van der Waals surface area (Å²) in [6.45, 7) is 1.41. The van der Waals surface area contributed by atoms with Crippen LogP contribution in [0.15, 0.2) is 69.8 Å². The van der Waals surface area contributed by atoms with Gasteiger partial charge < -0.3 is 24.4 Å². The molecule has 0 atom stereocenters. The normalized spacial score (nSPS) is 15.8. The molecule has 0 spiro atoms. The number of aliphatic carboxylic acids is 1. The van der Waals surface area contributed by atoms with Crippen molar-refractivity contribution in [1.29, 1.82) is 0 Å². The van der Waals surface area contributed by atoms with Crippen molar-refractivity contribution in [2.24, 2.45) is 4.99 Å². The van der Waals surface area contributed by atoms with Gasteiger partial charge in [0, 0.05) is 0 Å². The number of aliphatic hydroxyl groups is 1. The molecule has 0 radical (unpaired) electrons. The quantitative estimate of drug-likeness (QED) is 0.565. The number of carbonyl (C=O) groups is 2. The molecule has 0 saturated carbocycles. The maximum atomic E-state index is 12.5. The molecule has 0 amide bonds. The van der Waals surface area contributed by atoms with Crippen molar-refractivity contribution in [3.8, 4) is 11.5 Å². The molecule has 2 aromatic carbocycles. The van der Waals surface area contributed by atoms with Gasteiger partial charge in [-0.15, -0.1) is 0 Å². The topological polar surface area (TPSA) is 115 Å². The molecule has 0 saturated heterocycles. The number of carboxylic acids is 1. The number of hydrogen-bond acceptors (Lipinski definition) is 8. The number of benzene rings is 2. The molecule has 2 aromatic rings. The standard InChI is InChI=1S/C23H21NO7S/c1-3-30-23(28)20-21(27)18(12-14-4-8-17(9-5-14)31-13-19(25)26)32-22(20)24-15-6-10-16(29-2)11-7-15/h4-12,27H,3,13H2,1-2H3,(H,25,26)/b18-12+,24-22?. The fourth-order valence-electron chi connectivity index (χ4n) is 2.72. The van der Waals surface area contributed by atoms with E-state index in [4.69, 9.17) is 19.3 Å². The highest BCUT2D eigenvalue weighted by Crippen LogP contribution is 2.40. The lowest BCUT2D eigenvalue weighted by molar-refractivity contribution is -0.139. The molecular weight excluding hydrogens is 434 g/mol. The monoisotopic (exact) mass is 455 g/mol. The van der Waals surface area contributed by atoms with E-state index in [0.717, 1.165) is 17.3 Å². The zero-order valence-electron chi connectivity index (χ0n) is 17.4. The minimum absolute atomic E-state index is 0.000305. The average Bonchev–Trinajstić information content (AvgIpc) is 3.08. The molecule has 3 rings (SSSR count). The highest BCUT2D eigenvalue weighted by atomic mass is 32.2. The smallest absolute Gasteiger partial charge is 0.344 e. The molecule has 9 heteroatoms. The maximum Gasteiger partial charge on any atom is 0.344 e. The molecule has 1 aliphatic rings. The Morgan fingerprint density at radius 3 is 2.31 bits per heavy atom. The molecule has 166 valence electrons. The number of rotatable bonds is 8. The van der Waals surface area contributed by atoms with Gasteiger partial charge in [0.25, 0.3) is 0 Å². The van der Waals surface area contributed by atoms with Crippen LogP contribution < -0.4 is 9.47 Å². The summed E-state index contributed by atoms with van der Waals surface area (Å²) in [6.07, 6.45) is 1.69. The number of hydrogen-bond donors (Lipinski definition) is 2. The first-order valence-corrected chi connectivity index (χ1v) is 10.4. The van der Waals surface area contributed by atoms with Crippen LogP contribution in [0.5, 0.6) is 11.5 Å². The van der Waals surface area contributed by atoms with Crippen LogP contribution >= 0.6 is 11.8 Å². The van der Waals surface area contributed by atoms with Crippen molar-refractivity contribution in [3.63, 3.8) is 0 Å². The van der Waals surface area contributed by atoms with E-state index in [-0.39, 0.29) is 17.9 Å². The predicted octanol–water partition coefficient (Wildman–Crippen LogP) is 4.35. The van der Waals surface area contributed by atoms with Crippen molar-refractivity contribution in [2.45, 2.75) is 6.92 Å². The van der Waals surface area contributed by atoms with Gasteiger partial charge in [0.1, 0.15) is 27.9 Å². The van der Waals surface area contributed by atoms with Crippen LogP contribution in [0.4, 0.5) is 5.69 Å². The fourth-order valence-corrected chi connectivity index (χ4v) is 3.76. The van der Waals surface area contributed by atoms with E-state index in [0.29, 0.717) is 27.1 Å². The Hall–Kier alpha value is -3.72. The fraction of sp³-hybridized carbons (Fsp3) is 0.174. The lowest BCUT2D eigenvalue weighted by Crippen LogP contribution is -2.12. The van der Waals surface area contributed by atoms with E-state index in [1.807, 2.05) is 0 Å². The zero-order valence-corrected chi connectivity index (χ0v) is 18.2. The summed E-state index contributed by atoms with van der Waals surface area (Å²) in [5, 5.41) is 19.7. The Morgan fingerprint density at radius 1 is 1.06 bits per heavy atom. The van der Waals surface area contributed by atoms with Crippen molar-refractivity contribution in [1.82, 2.24) is 0 Å². The summed E-state index contributed by atoms with van der Waals surface area (Å²) in [5.74, 6) is -0.864. The average molecular weight is 455 g/mol. The number of carboxylic acid groups (broad SMARTS) is 1. The van der Waals surface area contributed by atoms with Crippen molar-refractivity contribution >= 4 is 40.5 Å². The zero-order chi connectivity index (χ0) is 23.1. The van der Waals surface area contributed by atoms with Crippen LogP contribution in [-0.2, 0) is 14.3 Å². The molecule has 0 aromatic heterocycles. The molecule has 0 aliphatic carbocycles. The first-order valence-electron chi connectivity index (χ1n) is 9.59. The van der Waals surface area contributed by atoms with Crippen LogP contribution in [0.25, 0.3) is 6.08 Å². The van der Waals surface area contributed by atoms with Gasteiger partial charge in [-0.3, -0.25) is 0 Å². The first kappa shape index (κ1) is 23.0. The molecule has 0 fully saturated rings. The van der Waals surface area contributed by atoms with E-state index < -0.39 is 18.5 Å². The number of methoxy groups -OCH3 is 1. The molecule has 1 aliphatic heterocycles. The van der Waals surface area contributed by atoms with Gasteiger partial charge in [0.05, 0.1) is 24.3 Å². The number of aliphatic hydroxyl groups excluding tert-OH is 1. The van der Waals surface area contributed by atoms with Crippen LogP contribution in [0.2, 0.25) is 0 Å². The van der Waals surface area contributed by atoms with Crippen LogP contribution in [-0.4, -0.2) is 47.5 Å². The third-order valence-corrected chi connectivity index (χ3v) is 5.23. The summed E-state index contributed by atoms with van der Waals surface area (Å²) < 4.78 is 15.4. The molecular formula is C23H21NO7S. The minimum atomic E-state index is -1.07. The third kappa shape index (κ3) is 5.70. The van der Waals surface area contributed by atoms with Crippen molar-refractivity contribution < 1.29 is 34.0 Å². The molecule has 0 unspecified atom stereocenters. The van der Waals surface area contributed by atoms with Gasteiger partial charge in [-0.05, 0) is 55.0 Å². The third-order valence-electron chi connectivity index (χ3n) is 4.21. The Bertz CT molecular complexity index is 1090. The van der Waals surface area contributed by atoms with Gasteiger partial charge in [-0.2, -0.15) is 0 Å². The SMILES string of the molecule is CCOC(=O)C1=C(O)/C(=C\c2ccc(OCC(=O)O)cc2)SC1=Nc1ccc(OC)cc1. The molecule has 1 heterocycles.